The van der Waals surface area contributed by atoms with E-state index in [-0.39, 0.29) is 24.5 Å². The normalized spacial score (nSPS) is 34.9. The first-order valence-electron chi connectivity index (χ1n) is 9.71. The van der Waals surface area contributed by atoms with Crippen LogP contribution in [-0.4, -0.2) is 29.2 Å². The molecule has 1 amide bonds. The fraction of sp³-hybridized carbons (Fsp3) is 0.619. The van der Waals surface area contributed by atoms with Crippen molar-refractivity contribution in [3.05, 3.63) is 34.9 Å². The van der Waals surface area contributed by atoms with Crippen LogP contribution >= 0.6 is 11.6 Å². The van der Waals surface area contributed by atoms with Gasteiger partial charge in [0.2, 0.25) is 0 Å². The number of rotatable bonds is 5. The Morgan fingerprint density at radius 3 is 2.63 bits per heavy atom. The van der Waals surface area contributed by atoms with Gasteiger partial charge in [-0.15, -0.1) is 0 Å². The average Bonchev–Trinajstić information content (AvgIpc) is 2.57. The minimum absolute atomic E-state index is 0.227. The molecule has 2 unspecified atom stereocenters. The van der Waals surface area contributed by atoms with Crippen molar-refractivity contribution in [1.29, 1.82) is 0 Å². The van der Waals surface area contributed by atoms with E-state index in [1.54, 1.807) is 12.1 Å². The van der Waals surface area contributed by atoms with Gasteiger partial charge < -0.3 is 15.2 Å². The van der Waals surface area contributed by atoms with Crippen LogP contribution in [-0.2, 0) is 14.3 Å². The maximum Gasteiger partial charge on any atom is 0.312 e. The molecule has 0 saturated heterocycles. The van der Waals surface area contributed by atoms with Gasteiger partial charge in [0.25, 0.3) is 5.91 Å². The van der Waals surface area contributed by atoms with Gasteiger partial charge in [-0.05, 0) is 75.0 Å². The van der Waals surface area contributed by atoms with Crippen LogP contribution in [0.1, 0.15) is 57.1 Å². The maximum absolute atomic E-state index is 12.8. The number of ether oxygens (including phenoxy) is 1. The van der Waals surface area contributed by atoms with Crippen molar-refractivity contribution in [2.24, 2.45) is 17.3 Å². The number of halogens is 1. The lowest BCUT2D eigenvalue weighted by molar-refractivity contribution is -0.196. The Morgan fingerprint density at radius 1 is 1.30 bits per heavy atom. The summed E-state index contributed by atoms with van der Waals surface area (Å²) in [6.07, 6.45) is 4.75. The third kappa shape index (κ3) is 3.72. The second-order valence-corrected chi connectivity index (χ2v) is 9.32. The number of nitrogens with one attached hydrogen (secondary N) is 1. The first kappa shape index (κ1) is 18.8. The predicted molar refractivity (Wildman–Crippen MR) is 101 cm³/mol. The highest BCUT2D eigenvalue weighted by Gasteiger charge is 2.60. The Balaban J connectivity index is 1.33. The van der Waals surface area contributed by atoms with Crippen molar-refractivity contribution >= 4 is 23.5 Å². The Kier molecular flexibility index (Phi) is 4.71. The number of hydrogen-bond donors (Lipinski definition) is 2. The fourth-order valence-electron chi connectivity index (χ4n) is 5.88. The smallest absolute Gasteiger partial charge is 0.312 e. The highest BCUT2D eigenvalue weighted by atomic mass is 35.5. The lowest BCUT2D eigenvalue weighted by atomic mass is 9.48. The molecule has 1 aromatic rings. The fourth-order valence-corrected chi connectivity index (χ4v) is 6.08. The zero-order valence-corrected chi connectivity index (χ0v) is 16.3. The van der Waals surface area contributed by atoms with Crippen molar-refractivity contribution in [2.75, 3.05) is 6.61 Å². The van der Waals surface area contributed by atoms with Gasteiger partial charge in [-0.25, -0.2) is 0 Å². The number of benzene rings is 1. The van der Waals surface area contributed by atoms with Crippen molar-refractivity contribution in [3.63, 3.8) is 0 Å². The number of amides is 1. The van der Waals surface area contributed by atoms with Crippen LogP contribution in [0.25, 0.3) is 0 Å². The van der Waals surface area contributed by atoms with Gasteiger partial charge in [-0.2, -0.15) is 0 Å². The topological polar surface area (TPSA) is 75.6 Å². The van der Waals surface area contributed by atoms with E-state index in [1.165, 1.54) is 0 Å². The van der Waals surface area contributed by atoms with E-state index in [4.69, 9.17) is 16.3 Å². The highest BCUT2D eigenvalue weighted by Crippen LogP contribution is 2.61. The summed E-state index contributed by atoms with van der Waals surface area (Å²) in [4.78, 5) is 25.0. The molecule has 4 aliphatic carbocycles. The van der Waals surface area contributed by atoms with Gasteiger partial charge >= 0.3 is 5.97 Å². The molecule has 0 aliphatic heterocycles. The minimum Gasteiger partial charge on any atom is -0.455 e. The molecule has 0 heterocycles. The molecular weight excluding hydrogens is 366 g/mol. The summed E-state index contributed by atoms with van der Waals surface area (Å²) in [6, 6.07) is 7.07. The summed E-state index contributed by atoms with van der Waals surface area (Å²) in [5, 5.41) is 14.2. The molecule has 4 aliphatic rings. The van der Waals surface area contributed by atoms with E-state index in [0.29, 0.717) is 23.3 Å². The summed E-state index contributed by atoms with van der Waals surface area (Å²) < 4.78 is 5.41. The van der Waals surface area contributed by atoms with Crippen molar-refractivity contribution in [3.8, 4) is 0 Å². The third-order valence-corrected chi connectivity index (χ3v) is 6.76. The number of esters is 1. The Labute approximate surface area is 164 Å². The SMILES string of the molecule is C[C@H](NC(=O)COC(=O)C12C[C@@H]3C[C@@H](CC(O)(C3)C1)C2)c1cccc(Cl)c1. The lowest BCUT2D eigenvalue weighted by Crippen LogP contribution is -2.58. The summed E-state index contributed by atoms with van der Waals surface area (Å²) in [6.45, 7) is 1.57. The molecular formula is C21H26ClNO4. The third-order valence-electron chi connectivity index (χ3n) is 6.52. The second-order valence-electron chi connectivity index (χ2n) is 8.89. The minimum atomic E-state index is -0.716. The maximum atomic E-state index is 12.8. The molecule has 146 valence electrons. The predicted octanol–water partition coefficient (Wildman–Crippen LogP) is 3.39. The van der Waals surface area contributed by atoms with Crippen LogP contribution in [0, 0.1) is 17.3 Å². The van der Waals surface area contributed by atoms with E-state index in [0.717, 1.165) is 37.7 Å². The van der Waals surface area contributed by atoms with E-state index >= 15 is 0 Å². The van der Waals surface area contributed by atoms with Gasteiger partial charge in [-0.3, -0.25) is 9.59 Å². The molecule has 6 heteroatoms. The first-order valence-corrected chi connectivity index (χ1v) is 10.1. The van der Waals surface area contributed by atoms with Gasteiger partial charge in [0.1, 0.15) is 0 Å². The van der Waals surface area contributed by atoms with Gasteiger partial charge in [0.05, 0.1) is 17.1 Å². The molecule has 4 fully saturated rings. The quantitative estimate of drug-likeness (QED) is 0.754. The van der Waals surface area contributed by atoms with Crippen molar-refractivity contribution in [1.82, 2.24) is 5.32 Å². The molecule has 1 aromatic carbocycles. The second kappa shape index (κ2) is 6.78. The van der Waals surface area contributed by atoms with Crippen LogP contribution in [0.15, 0.2) is 24.3 Å². The molecule has 4 saturated carbocycles. The van der Waals surface area contributed by atoms with Crippen molar-refractivity contribution < 1.29 is 19.4 Å². The molecule has 5 nitrogen and oxygen atoms in total. The first-order chi connectivity index (χ1) is 12.8. The molecule has 2 N–H and O–H groups in total. The molecule has 27 heavy (non-hydrogen) atoms. The largest absolute Gasteiger partial charge is 0.455 e. The Bertz CT molecular complexity index is 750. The average molecular weight is 392 g/mol. The van der Waals surface area contributed by atoms with Gasteiger partial charge in [-0.1, -0.05) is 23.7 Å². The standard InChI is InChI=1S/C21H26ClNO4/c1-13(16-3-2-4-17(22)6-16)23-18(24)11-27-19(25)20-7-14-5-15(8-20)10-21(26,9-14)12-20/h2-4,6,13-15,26H,5,7-12H2,1H3,(H,23,24)/t13-,14-,15+,20?,21?/m0/s1. The summed E-state index contributed by atoms with van der Waals surface area (Å²) >= 11 is 5.99. The van der Waals surface area contributed by atoms with Crippen molar-refractivity contribution in [2.45, 2.75) is 57.1 Å². The van der Waals surface area contributed by atoms with E-state index in [2.05, 4.69) is 5.32 Å². The molecule has 0 radical (unpaired) electrons. The van der Waals surface area contributed by atoms with Crippen LogP contribution < -0.4 is 5.32 Å². The van der Waals surface area contributed by atoms with E-state index < -0.39 is 11.0 Å². The van der Waals surface area contributed by atoms with Crippen LogP contribution in [0.5, 0.6) is 0 Å². The molecule has 0 spiro atoms. The molecule has 5 rings (SSSR count). The van der Waals surface area contributed by atoms with Gasteiger partial charge in [0, 0.05) is 5.02 Å². The number of hydrogen-bond acceptors (Lipinski definition) is 4. The zero-order chi connectivity index (χ0) is 19.2. The van der Waals surface area contributed by atoms with Crippen LogP contribution in [0.4, 0.5) is 0 Å². The summed E-state index contributed by atoms with van der Waals surface area (Å²) in [5.74, 6) is 0.154. The Hall–Kier alpha value is -1.59. The molecule has 0 aromatic heterocycles. The number of aliphatic hydroxyl groups is 1. The van der Waals surface area contributed by atoms with Gasteiger partial charge in [0.15, 0.2) is 6.61 Å². The molecule has 4 bridgehead atoms. The number of carbonyl (C=O) groups is 2. The Morgan fingerprint density at radius 2 is 2.00 bits per heavy atom. The summed E-state index contributed by atoms with van der Waals surface area (Å²) in [7, 11) is 0. The lowest BCUT2D eigenvalue weighted by Gasteiger charge is -2.58. The number of carbonyl (C=O) groups excluding carboxylic acids is 2. The van der Waals surface area contributed by atoms with E-state index in [9.17, 15) is 14.7 Å². The zero-order valence-electron chi connectivity index (χ0n) is 15.5. The summed E-state index contributed by atoms with van der Waals surface area (Å²) in [5.41, 5.74) is -0.421. The van der Waals surface area contributed by atoms with Crippen LogP contribution in [0.3, 0.4) is 0 Å². The monoisotopic (exact) mass is 391 g/mol. The molecule has 5 atom stereocenters. The highest BCUT2D eigenvalue weighted by molar-refractivity contribution is 6.30. The van der Waals surface area contributed by atoms with E-state index in [1.807, 2.05) is 19.1 Å². The van der Waals surface area contributed by atoms with Crippen LogP contribution in [0.2, 0.25) is 5.02 Å².